The molecule has 46 heavy (non-hydrogen) atoms. The number of piperidine rings is 1. The van der Waals surface area contributed by atoms with Gasteiger partial charge in [0.1, 0.15) is 11.4 Å². The van der Waals surface area contributed by atoms with Crippen LogP contribution in [-0.4, -0.2) is 64.8 Å². The lowest BCUT2D eigenvalue weighted by atomic mass is 9.92. The summed E-state index contributed by atoms with van der Waals surface area (Å²) >= 11 is 5.64. The number of benzene rings is 1. The van der Waals surface area contributed by atoms with Crippen molar-refractivity contribution in [3.8, 4) is 5.88 Å². The molecule has 0 unspecified atom stereocenters. The van der Waals surface area contributed by atoms with Gasteiger partial charge < -0.3 is 9.57 Å². The summed E-state index contributed by atoms with van der Waals surface area (Å²) in [7, 11) is -4.86. The zero-order chi connectivity index (χ0) is 33.8. The predicted octanol–water partition coefficient (Wildman–Crippen LogP) is 6.16. The van der Waals surface area contributed by atoms with Crippen LogP contribution in [0.25, 0.3) is 0 Å². The highest BCUT2D eigenvalue weighted by atomic mass is 35.5. The summed E-state index contributed by atoms with van der Waals surface area (Å²) in [5.74, 6) is -6.29. The first kappa shape index (κ1) is 34.2. The molecule has 252 valence electrons. The minimum atomic E-state index is -5.62. The van der Waals surface area contributed by atoms with E-state index in [9.17, 15) is 44.3 Å². The van der Waals surface area contributed by atoms with Gasteiger partial charge in [0, 0.05) is 25.7 Å². The van der Waals surface area contributed by atoms with Gasteiger partial charge in [0.2, 0.25) is 5.88 Å². The first-order valence-corrected chi connectivity index (χ1v) is 16.0. The molecular weight excluding hydrogens is 675 g/mol. The second kappa shape index (κ2) is 12.1. The molecule has 2 heterocycles. The highest BCUT2D eigenvalue weighted by Crippen LogP contribution is 2.44. The monoisotopic (exact) mass is 701 g/mol. The van der Waals surface area contributed by atoms with Crippen molar-refractivity contribution in [3.63, 3.8) is 0 Å². The van der Waals surface area contributed by atoms with Gasteiger partial charge >= 0.3 is 24.2 Å². The Balaban J connectivity index is 1.32. The van der Waals surface area contributed by atoms with Gasteiger partial charge in [0.25, 0.3) is 10.0 Å². The highest BCUT2D eigenvalue weighted by molar-refractivity contribution is 7.90. The van der Waals surface area contributed by atoms with Gasteiger partial charge in [-0.15, -0.1) is 0 Å². The van der Waals surface area contributed by atoms with Crippen molar-refractivity contribution < 1.29 is 58.3 Å². The van der Waals surface area contributed by atoms with E-state index in [4.69, 9.17) is 16.3 Å². The standard InChI is InChI=1S/C28H27ClF7N3O6S/c1-26(44-23-12-20(27(31,32)33)21(29)13-37-23)6-8-38(9-7-26)14-16-10-22(30)19(11-18(16)15-2-3-15)24(40)39(45-25(41)28(34,35)36)46(42,43)17-4-5-17/h10-13,15,17H,2-9,14H2,1H3. The zero-order valence-electron chi connectivity index (χ0n) is 24.1. The number of aromatic nitrogens is 1. The Morgan fingerprint density at radius 2 is 1.70 bits per heavy atom. The van der Waals surface area contributed by atoms with Crippen molar-refractivity contribution in [2.24, 2.45) is 0 Å². The Morgan fingerprint density at radius 1 is 1.07 bits per heavy atom. The number of pyridine rings is 1. The molecule has 1 aromatic carbocycles. The Bertz CT molecular complexity index is 1640. The molecule has 9 nitrogen and oxygen atoms in total. The fourth-order valence-electron chi connectivity index (χ4n) is 5.11. The molecule has 0 atom stereocenters. The van der Waals surface area contributed by atoms with Crippen molar-refractivity contribution >= 4 is 33.5 Å². The molecule has 1 aromatic heterocycles. The normalized spacial score (nSPS) is 19.1. The van der Waals surface area contributed by atoms with Crippen LogP contribution in [0.5, 0.6) is 5.88 Å². The van der Waals surface area contributed by atoms with Crippen LogP contribution in [0.3, 0.4) is 0 Å². The first-order chi connectivity index (χ1) is 21.3. The molecule has 3 aliphatic rings. The molecule has 1 amide bonds. The molecule has 0 spiro atoms. The number of likely N-dealkylation sites (tertiary alicyclic amines) is 1. The van der Waals surface area contributed by atoms with Gasteiger partial charge in [0.15, 0.2) is 0 Å². The average molecular weight is 702 g/mol. The maximum absolute atomic E-state index is 15.4. The SMILES string of the molecule is CC1(Oc2cc(C(F)(F)F)c(Cl)cn2)CCN(Cc2cc(F)c(C(=O)N(OC(=O)C(F)(F)F)S(=O)(=O)C3CC3)cc2C2CC2)CC1. The third kappa shape index (κ3) is 7.51. The van der Waals surface area contributed by atoms with E-state index in [1.165, 1.54) is 0 Å². The number of amides is 1. The third-order valence-corrected chi connectivity index (χ3v) is 10.3. The van der Waals surface area contributed by atoms with Crippen molar-refractivity contribution in [1.82, 2.24) is 14.4 Å². The zero-order valence-corrected chi connectivity index (χ0v) is 25.6. The Labute approximate surface area is 263 Å². The second-order valence-electron chi connectivity index (χ2n) is 11.8. The number of ether oxygens (including phenoxy) is 1. The summed E-state index contributed by atoms with van der Waals surface area (Å²) in [6.45, 7) is 2.65. The van der Waals surface area contributed by atoms with E-state index in [1.54, 1.807) is 6.92 Å². The number of carbonyl (C=O) groups is 2. The average Bonchev–Trinajstić information content (AvgIpc) is 3.85. The summed E-state index contributed by atoms with van der Waals surface area (Å²) in [6.07, 6.45) is -7.37. The van der Waals surface area contributed by atoms with E-state index in [-0.39, 0.29) is 31.2 Å². The lowest BCUT2D eigenvalue weighted by Gasteiger charge is -2.39. The van der Waals surface area contributed by atoms with E-state index in [1.807, 2.05) is 4.90 Å². The molecule has 0 radical (unpaired) electrons. The lowest BCUT2D eigenvalue weighted by molar-refractivity contribution is -0.217. The first-order valence-electron chi connectivity index (χ1n) is 14.1. The Morgan fingerprint density at radius 3 is 2.24 bits per heavy atom. The minimum Gasteiger partial charge on any atom is -0.471 e. The van der Waals surface area contributed by atoms with Crippen molar-refractivity contribution in [2.45, 2.75) is 81.1 Å². The maximum atomic E-state index is 15.4. The van der Waals surface area contributed by atoms with Crippen molar-refractivity contribution in [2.75, 3.05) is 13.1 Å². The summed E-state index contributed by atoms with van der Waals surface area (Å²) in [5.41, 5.74) is -1.88. The summed E-state index contributed by atoms with van der Waals surface area (Å²) < 4.78 is 125. The fraction of sp³-hybridized carbons (Fsp3) is 0.536. The summed E-state index contributed by atoms with van der Waals surface area (Å²) in [5, 5.41) is -1.82. The van der Waals surface area contributed by atoms with Crippen LogP contribution in [0, 0.1) is 5.82 Å². The van der Waals surface area contributed by atoms with Crippen molar-refractivity contribution in [3.05, 3.63) is 57.5 Å². The Hall–Kier alpha value is -3.18. The van der Waals surface area contributed by atoms with Crippen LogP contribution in [0.1, 0.15) is 78.4 Å². The molecule has 1 aliphatic heterocycles. The van der Waals surface area contributed by atoms with Gasteiger partial charge in [-0.1, -0.05) is 16.1 Å². The third-order valence-electron chi connectivity index (χ3n) is 8.01. The summed E-state index contributed by atoms with van der Waals surface area (Å²) in [4.78, 5) is 34.5. The number of nitrogens with zero attached hydrogens (tertiary/aromatic N) is 3. The van der Waals surface area contributed by atoms with Gasteiger partial charge in [0.05, 0.1) is 27.6 Å². The lowest BCUT2D eigenvalue weighted by Crippen LogP contribution is -2.46. The largest absolute Gasteiger partial charge is 0.493 e. The number of sulfonamides is 1. The van der Waals surface area contributed by atoms with Crippen LogP contribution < -0.4 is 4.74 Å². The van der Waals surface area contributed by atoms with Gasteiger partial charge in [-0.25, -0.2) is 22.6 Å². The van der Waals surface area contributed by atoms with Crippen LogP contribution >= 0.6 is 11.6 Å². The summed E-state index contributed by atoms with van der Waals surface area (Å²) in [6, 6.07) is 2.83. The van der Waals surface area contributed by atoms with E-state index < -0.39 is 71.5 Å². The molecule has 1 saturated heterocycles. The van der Waals surface area contributed by atoms with Crippen LogP contribution in [-0.2, 0) is 32.4 Å². The molecule has 2 saturated carbocycles. The van der Waals surface area contributed by atoms with E-state index in [2.05, 4.69) is 9.82 Å². The topological polar surface area (TPSA) is 106 Å². The second-order valence-corrected chi connectivity index (χ2v) is 14.2. The van der Waals surface area contributed by atoms with Gasteiger partial charge in [-0.2, -0.15) is 26.3 Å². The van der Waals surface area contributed by atoms with Crippen LogP contribution in [0.4, 0.5) is 30.7 Å². The molecule has 0 bridgehead atoms. The maximum Gasteiger partial charge on any atom is 0.493 e. The minimum absolute atomic E-state index is 0.0230. The number of rotatable bonds is 8. The molecule has 5 rings (SSSR count). The number of alkyl halides is 6. The molecule has 18 heteroatoms. The quantitative estimate of drug-likeness (QED) is 0.238. The van der Waals surface area contributed by atoms with E-state index in [0.29, 0.717) is 49.9 Å². The molecule has 0 N–H and O–H groups in total. The van der Waals surface area contributed by atoms with Crippen LogP contribution in [0.15, 0.2) is 24.4 Å². The smallest absolute Gasteiger partial charge is 0.471 e. The number of hydroxylamine groups is 1. The van der Waals surface area contributed by atoms with Crippen LogP contribution in [0.2, 0.25) is 5.02 Å². The van der Waals surface area contributed by atoms with E-state index >= 15 is 4.39 Å². The van der Waals surface area contributed by atoms with Gasteiger partial charge in [-0.3, -0.25) is 9.69 Å². The number of halogens is 8. The van der Waals surface area contributed by atoms with Gasteiger partial charge in [-0.05, 0) is 74.6 Å². The molecule has 2 aromatic rings. The number of hydrogen-bond donors (Lipinski definition) is 0. The number of carbonyl (C=O) groups excluding carboxylic acids is 2. The van der Waals surface area contributed by atoms with Crippen molar-refractivity contribution in [1.29, 1.82) is 0 Å². The van der Waals surface area contributed by atoms with E-state index in [0.717, 1.165) is 24.4 Å². The fourth-order valence-corrected chi connectivity index (χ4v) is 6.83. The predicted molar refractivity (Wildman–Crippen MR) is 146 cm³/mol. The molecule has 3 fully saturated rings. The Kier molecular flexibility index (Phi) is 9.00. The molecular formula is C28H27ClF7N3O6S. The highest BCUT2D eigenvalue weighted by Gasteiger charge is 2.50. The number of hydrogen-bond acceptors (Lipinski definition) is 8. The molecule has 2 aliphatic carbocycles.